The maximum atomic E-state index is 5.67. The van der Waals surface area contributed by atoms with Crippen LogP contribution in [0.4, 0.5) is 0 Å². The number of nitrogens with two attached hydrogens (primary N) is 1. The third-order valence-electron chi connectivity index (χ3n) is 2.21. The van der Waals surface area contributed by atoms with Crippen molar-refractivity contribution in [2.24, 2.45) is 5.73 Å². The normalized spacial score (nSPS) is 11.0. The molecule has 0 aliphatic rings. The van der Waals surface area contributed by atoms with E-state index in [1.807, 2.05) is 18.2 Å². The molecule has 0 aliphatic heterocycles. The fourth-order valence-corrected chi connectivity index (χ4v) is 1.99. The van der Waals surface area contributed by atoms with Crippen LogP contribution in [-0.4, -0.2) is 6.26 Å². The van der Waals surface area contributed by atoms with Crippen LogP contribution >= 0.6 is 11.8 Å². The van der Waals surface area contributed by atoms with Gasteiger partial charge in [0.25, 0.3) is 0 Å². The molecule has 0 spiro atoms. The summed E-state index contributed by atoms with van der Waals surface area (Å²) in [6.07, 6.45) is 2.07. The molecule has 2 rings (SSSR count). The van der Waals surface area contributed by atoms with Crippen LogP contribution in [0.2, 0.25) is 0 Å². The Hall–Kier alpha value is -0.930. The summed E-state index contributed by atoms with van der Waals surface area (Å²) in [5.41, 5.74) is 7.75. The topological polar surface area (TPSA) is 39.2 Å². The van der Waals surface area contributed by atoms with Crippen LogP contribution in [0.3, 0.4) is 0 Å². The highest BCUT2D eigenvalue weighted by Gasteiger charge is 2.05. The predicted molar refractivity (Wildman–Crippen MR) is 61.3 cm³/mol. The second-order valence-electron chi connectivity index (χ2n) is 3.18. The van der Waals surface area contributed by atoms with Gasteiger partial charge in [0.15, 0.2) is 0 Å². The molecule has 1 aromatic carbocycles. The average Bonchev–Trinajstić information content (AvgIpc) is 2.60. The summed E-state index contributed by atoms with van der Waals surface area (Å²) < 4.78 is 5.67. The van der Waals surface area contributed by atoms with Crippen molar-refractivity contribution in [1.29, 1.82) is 0 Å². The van der Waals surface area contributed by atoms with E-state index in [1.54, 1.807) is 11.8 Å². The first kappa shape index (κ1) is 9.62. The molecule has 0 saturated heterocycles. The standard InChI is InChI=1S/C11H13NOS/c1-14-7-9-5-10-8(6-12)3-2-4-11(10)13-9/h2-5H,6-7,12H2,1H3. The van der Waals surface area contributed by atoms with Crippen molar-refractivity contribution in [2.75, 3.05) is 6.26 Å². The number of benzene rings is 1. The van der Waals surface area contributed by atoms with Crippen molar-refractivity contribution in [3.05, 3.63) is 35.6 Å². The molecule has 0 atom stereocenters. The fourth-order valence-electron chi connectivity index (χ4n) is 1.57. The average molecular weight is 207 g/mol. The molecule has 0 fully saturated rings. The molecule has 1 aromatic heterocycles. The molecule has 0 saturated carbocycles. The first-order valence-electron chi connectivity index (χ1n) is 4.54. The van der Waals surface area contributed by atoms with Gasteiger partial charge in [-0.25, -0.2) is 0 Å². The Morgan fingerprint density at radius 2 is 2.29 bits per heavy atom. The van der Waals surface area contributed by atoms with Crippen molar-refractivity contribution in [3.63, 3.8) is 0 Å². The molecule has 0 unspecified atom stereocenters. The lowest BCUT2D eigenvalue weighted by atomic mass is 10.1. The summed E-state index contributed by atoms with van der Waals surface area (Å²) >= 11 is 1.76. The van der Waals surface area contributed by atoms with Gasteiger partial charge in [0.05, 0.1) is 5.75 Å². The van der Waals surface area contributed by atoms with E-state index in [9.17, 15) is 0 Å². The summed E-state index contributed by atoms with van der Waals surface area (Å²) in [5, 5.41) is 1.15. The Labute approximate surface area is 87.5 Å². The maximum Gasteiger partial charge on any atom is 0.134 e. The molecular formula is C11H13NOS. The summed E-state index contributed by atoms with van der Waals surface area (Å²) in [7, 11) is 0. The van der Waals surface area contributed by atoms with E-state index < -0.39 is 0 Å². The molecule has 2 N–H and O–H groups in total. The Kier molecular flexibility index (Phi) is 2.79. The Bertz CT molecular complexity index is 436. The highest BCUT2D eigenvalue weighted by molar-refractivity contribution is 7.97. The third-order valence-corrected chi connectivity index (χ3v) is 2.78. The van der Waals surface area contributed by atoms with Crippen molar-refractivity contribution in [2.45, 2.75) is 12.3 Å². The van der Waals surface area contributed by atoms with Gasteiger partial charge in [0.1, 0.15) is 11.3 Å². The first-order chi connectivity index (χ1) is 6.85. The fraction of sp³-hybridized carbons (Fsp3) is 0.273. The lowest BCUT2D eigenvalue weighted by Gasteiger charge is -1.95. The Morgan fingerprint density at radius 3 is 3.00 bits per heavy atom. The van der Waals surface area contributed by atoms with Crippen LogP contribution < -0.4 is 5.73 Å². The number of hydrogen-bond donors (Lipinski definition) is 1. The summed E-state index contributed by atoms with van der Waals surface area (Å²) in [6, 6.07) is 8.10. The van der Waals surface area contributed by atoms with E-state index in [0.717, 1.165) is 28.0 Å². The van der Waals surface area contributed by atoms with Gasteiger partial charge < -0.3 is 10.2 Å². The summed E-state index contributed by atoms with van der Waals surface area (Å²) in [5.74, 6) is 1.94. The minimum atomic E-state index is 0.565. The smallest absolute Gasteiger partial charge is 0.134 e. The zero-order chi connectivity index (χ0) is 9.97. The lowest BCUT2D eigenvalue weighted by molar-refractivity contribution is 0.574. The first-order valence-corrected chi connectivity index (χ1v) is 5.94. The van der Waals surface area contributed by atoms with E-state index in [4.69, 9.17) is 10.2 Å². The van der Waals surface area contributed by atoms with Crippen LogP contribution in [0.1, 0.15) is 11.3 Å². The van der Waals surface area contributed by atoms with Gasteiger partial charge in [-0.3, -0.25) is 0 Å². The minimum Gasteiger partial charge on any atom is -0.460 e. The third kappa shape index (κ3) is 1.65. The highest BCUT2D eigenvalue weighted by atomic mass is 32.2. The van der Waals surface area contributed by atoms with Gasteiger partial charge in [0.2, 0.25) is 0 Å². The number of hydrogen-bond acceptors (Lipinski definition) is 3. The van der Waals surface area contributed by atoms with Crippen molar-refractivity contribution in [1.82, 2.24) is 0 Å². The number of rotatable bonds is 3. The molecule has 3 heteroatoms. The molecule has 0 radical (unpaired) electrons. The summed E-state index contributed by atoms with van der Waals surface area (Å²) in [4.78, 5) is 0. The van der Waals surface area contributed by atoms with Gasteiger partial charge in [-0.05, 0) is 24.0 Å². The molecule has 0 bridgehead atoms. The van der Waals surface area contributed by atoms with Crippen LogP contribution in [0, 0.1) is 0 Å². The van der Waals surface area contributed by atoms with Gasteiger partial charge in [-0.2, -0.15) is 11.8 Å². The van der Waals surface area contributed by atoms with E-state index in [2.05, 4.69) is 12.3 Å². The zero-order valence-corrected chi connectivity index (χ0v) is 8.93. The van der Waals surface area contributed by atoms with E-state index in [1.165, 1.54) is 0 Å². The van der Waals surface area contributed by atoms with Crippen molar-refractivity contribution in [3.8, 4) is 0 Å². The molecular weight excluding hydrogens is 194 g/mol. The summed E-state index contributed by atoms with van der Waals surface area (Å²) in [6.45, 7) is 0.565. The molecule has 2 nitrogen and oxygen atoms in total. The number of thioether (sulfide) groups is 1. The second kappa shape index (κ2) is 4.07. The number of fused-ring (bicyclic) bond motifs is 1. The molecule has 0 aliphatic carbocycles. The van der Waals surface area contributed by atoms with Gasteiger partial charge in [-0.1, -0.05) is 12.1 Å². The SMILES string of the molecule is CSCc1cc2c(CN)cccc2o1. The van der Waals surface area contributed by atoms with E-state index in [-0.39, 0.29) is 0 Å². The van der Waals surface area contributed by atoms with Crippen molar-refractivity contribution >= 4 is 22.7 Å². The molecule has 0 amide bonds. The van der Waals surface area contributed by atoms with Crippen LogP contribution in [0.15, 0.2) is 28.7 Å². The Balaban J connectivity index is 2.52. The second-order valence-corrected chi connectivity index (χ2v) is 4.04. The van der Waals surface area contributed by atoms with Crippen LogP contribution in [-0.2, 0) is 12.3 Å². The van der Waals surface area contributed by atoms with Crippen LogP contribution in [0.25, 0.3) is 11.0 Å². The molecule has 1 heterocycles. The molecule has 2 aromatic rings. The Morgan fingerprint density at radius 1 is 1.43 bits per heavy atom. The highest BCUT2D eigenvalue weighted by Crippen LogP contribution is 2.24. The van der Waals surface area contributed by atoms with Gasteiger partial charge in [-0.15, -0.1) is 0 Å². The quantitative estimate of drug-likeness (QED) is 0.841. The van der Waals surface area contributed by atoms with Crippen molar-refractivity contribution < 1.29 is 4.42 Å². The molecule has 14 heavy (non-hydrogen) atoms. The number of furan rings is 1. The van der Waals surface area contributed by atoms with Gasteiger partial charge in [0, 0.05) is 11.9 Å². The molecule has 74 valence electrons. The van der Waals surface area contributed by atoms with E-state index >= 15 is 0 Å². The predicted octanol–water partition coefficient (Wildman–Crippen LogP) is 2.75. The van der Waals surface area contributed by atoms with Crippen LogP contribution in [0.5, 0.6) is 0 Å². The maximum absolute atomic E-state index is 5.67. The van der Waals surface area contributed by atoms with E-state index in [0.29, 0.717) is 6.54 Å². The monoisotopic (exact) mass is 207 g/mol. The largest absolute Gasteiger partial charge is 0.460 e. The zero-order valence-electron chi connectivity index (χ0n) is 8.12. The van der Waals surface area contributed by atoms with Gasteiger partial charge >= 0.3 is 0 Å². The minimum absolute atomic E-state index is 0.565. The lowest BCUT2D eigenvalue weighted by Crippen LogP contribution is -1.95.